The fourth-order valence-corrected chi connectivity index (χ4v) is 1.27. The number of nitrogens with zero attached hydrogens (tertiary/aromatic N) is 2. The molecule has 0 aromatic carbocycles. The minimum Gasteiger partial charge on any atom is -0.479 e. The van der Waals surface area contributed by atoms with E-state index in [0.29, 0.717) is 12.4 Å². The van der Waals surface area contributed by atoms with E-state index >= 15 is 0 Å². The number of hydrogen-bond donors (Lipinski definition) is 1. The van der Waals surface area contributed by atoms with E-state index in [2.05, 4.69) is 16.2 Å². The van der Waals surface area contributed by atoms with E-state index in [-0.39, 0.29) is 0 Å². The summed E-state index contributed by atoms with van der Waals surface area (Å²) in [6, 6.07) is 1.90. The largest absolute Gasteiger partial charge is 0.479 e. The Bertz CT molecular complexity index is 369. The molecule has 0 bridgehead atoms. The first-order valence-electron chi connectivity index (χ1n) is 4.58. The van der Waals surface area contributed by atoms with Gasteiger partial charge in [-0.2, -0.15) is 0 Å². The molecule has 0 aliphatic carbocycles. The van der Waals surface area contributed by atoms with Crippen molar-refractivity contribution in [1.29, 1.82) is 0 Å². The average Bonchev–Trinajstić information content (AvgIpc) is 2.25. The summed E-state index contributed by atoms with van der Waals surface area (Å²) in [5, 5.41) is 3.10. The Morgan fingerprint density at radius 3 is 2.87 bits per heavy atom. The molecule has 4 heteroatoms. The van der Waals surface area contributed by atoms with Crippen molar-refractivity contribution in [2.24, 2.45) is 0 Å². The SMILES string of the molecule is C#CCNc1c(N(C)C)ccnc1OC. The molecule has 1 aromatic rings. The van der Waals surface area contributed by atoms with Gasteiger partial charge in [0.05, 0.1) is 19.3 Å². The molecule has 1 N–H and O–H groups in total. The third-order valence-electron chi connectivity index (χ3n) is 1.94. The molecule has 0 atom stereocenters. The molecule has 0 saturated heterocycles. The zero-order chi connectivity index (χ0) is 11.3. The molecule has 0 aliphatic heterocycles. The lowest BCUT2D eigenvalue weighted by Gasteiger charge is -2.19. The lowest BCUT2D eigenvalue weighted by molar-refractivity contribution is 0.400. The van der Waals surface area contributed by atoms with Crippen molar-refractivity contribution in [3.8, 4) is 18.2 Å². The fourth-order valence-electron chi connectivity index (χ4n) is 1.27. The summed E-state index contributed by atoms with van der Waals surface area (Å²) in [6.07, 6.45) is 6.91. The van der Waals surface area contributed by atoms with Gasteiger partial charge in [0.2, 0.25) is 5.88 Å². The highest BCUT2D eigenvalue weighted by atomic mass is 16.5. The van der Waals surface area contributed by atoms with Crippen LogP contribution in [0, 0.1) is 12.3 Å². The highest BCUT2D eigenvalue weighted by molar-refractivity contribution is 5.74. The molecule has 0 saturated carbocycles. The summed E-state index contributed by atoms with van der Waals surface area (Å²) in [4.78, 5) is 6.09. The maximum Gasteiger partial charge on any atom is 0.239 e. The summed E-state index contributed by atoms with van der Waals surface area (Å²) in [5.41, 5.74) is 1.82. The van der Waals surface area contributed by atoms with Crippen LogP contribution in [0.15, 0.2) is 12.3 Å². The van der Waals surface area contributed by atoms with Crippen LogP contribution in [-0.2, 0) is 0 Å². The monoisotopic (exact) mass is 205 g/mol. The molecule has 0 radical (unpaired) electrons. The zero-order valence-electron chi connectivity index (χ0n) is 9.24. The quantitative estimate of drug-likeness (QED) is 0.749. The second-order valence-electron chi connectivity index (χ2n) is 3.17. The molecule has 15 heavy (non-hydrogen) atoms. The molecular formula is C11H15N3O. The lowest BCUT2D eigenvalue weighted by Crippen LogP contribution is -2.13. The number of hydrogen-bond acceptors (Lipinski definition) is 4. The summed E-state index contributed by atoms with van der Waals surface area (Å²) >= 11 is 0. The van der Waals surface area contributed by atoms with Crippen LogP contribution in [-0.4, -0.2) is 32.7 Å². The van der Waals surface area contributed by atoms with Gasteiger partial charge in [0.15, 0.2) is 0 Å². The smallest absolute Gasteiger partial charge is 0.239 e. The van der Waals surface area contributed by atoms with Gasteiger partial charge in [-0.05, 0) is 6.07 Å². The molecule has 1 rings (SSSR count). The Balaban J connectivity index is 3.10. The van der Waals surface area contributed by atoms with Gasteiger partial charge in [0.1, 0.15) is 5.69 Å². The number of methoxy groups -OCH3 is 1. The number of nitrogens with one attached hydrogen (secondary N) is 1. The van der Waals surface area contributed by atoms with Gasteiger partial charge in [0, 0.05) is 20.3 Å². The van der Waals surface area contributed by atoms with Crippen molar-refractivity contribution >= 4 is 11.4 Å². The molecule has 80 valence electrons. The lowest BCUT2D eigenvalue weighted by atomic mass is 10.3. The topological polar surface area (TPSA) is 37.4 Å². The van der Waals surface area contributed by atoms with Gasteiger partial charge >= 0.3 is 0 Å². The van der Waals surface area contributed by atoms with Crippen molar-refractivity contribution < 1.29 is 4.74 Å². The molecule has 0 aliphatic rings. The number of pyridine rings is 1. The van der Waals surface area contributed by atoms with Crippen molar-refractivity contribution in [3.05, 3.63) is 12.3 Å². The van der Waals surface area contributed by atoms with Crippen LogP contribution in [0.25, 0.3) is 0 Å². The van der Waals surface area contributed by atoms with Gasteiger partial charge < -0.3 is 15.0 Å². The van der Waals surface area contributed by atoms with E-state index in [1.54, 1.807) is 13.3 Å². The maximum absolute atomic E-state index is 5.21. The Labute approximate surface area is 90.3 Å². The Morgan fingerprint density at radius 2 is 2.33 bits per heavy atom. The van der Waals surface area contributed by atoms with E-state index in [9.17, 15) is 0 Å². The molecule has 0 spiro atoms. The molecule has 1 heterocycles. The molecule has 4 nitrogen and oxygen atoms in total. The second-order valence-corrected chi connectivity index (χ2v) is 3.17. The first-order chi connectivity index (χ1) is 7.20. The highest BCUT2D eigenvalue weighted by Gasteiger charge is 2.10. The summed E-state index contributed by atoms with van der Waals surface area (Å²) in [6.45, 7) is 0.447. The van der Waals surface area contributed by atoms with Crippen LogP contribution in [0.2, 0.25) is 0 Å². The van der Waals surface area contributed by atoms with Crippen LogP contribution >= 0.6 is 0 Å². The average molecular weight is 205 g/mol. The first-order valence-corrected chi connectivity index (χ1v) is 4.58. The summed E-state index contributed by atoms with van der Waals surface area (Å²) in [7, 11) is 5.49. The first kappa shape index (κ1) is 11.2. The fraction of sp³-hybridized carbons (Fsp3) is 0.364. The molecule has 0 unspecified atom stereocenters. The van der Waals surface area contributed by atoms with Crippen molar-refractivity contribution in [1.82, 2.24) is 4.98 Å². The van der Waals surface area contributed by atoms with Gasteiger partial charge in [0.25, 0.3) is 0 Å². The third-order valence-corrected chi connectivity index (χ3v) is 1.94. The van der Waals surface area contributed by atoms with Gasteiger partial charge in [-0.15, -0.1) is 6.42 Å². The van der Waals surface area contributed by atoms with Gasteiger partial charge in [-0.1, -0.05) is 5.92 Å². The molecule has 0 amide bonds. The van der Waals surface area contributed by atoms with Crippen molar-refractivity contribution in [3.63, 3.8) is 0 Å². The Kier molecular flexibility index (Phi) is 3.81. The minimum absolute atomic E-state index is 0.447. The Hall–Kier alpha value is -1.89. The van der Waals surface area contributed by atoms with Crippen molar-refractivity contribution in [2.45, 2.75) is 0 Å². The van der Waals surface area contributed by atoms with E-state index in [4.69, 9.17) is 11.2 Å². The minimum atomic E-state index is 0.447. The summed E-state index contributed by atoms with van der Waals surface area (Å²) < 4.78 is 5.16. The third kappa shape index (κ3) is 2.53. The molecule has 0 fully saturated rings. The van der Waals surface area contributed by atoms with Crippen LogP contribution in [0.1, 0.15) is 0 Å². The number of rotatable bonds is 4. The second kappa shape index (κ2) is 5.11. The van der Waals surface area contributed by atoms with E-state index in [1.165, 1.54) is 0 Å². The van der Waals surface area contributed by atoms with Crippen molar-refractivity contribution in [2.75, 3.05) is 38.0 Å². The van der Waals surface area contributed by atoms with Crippen LogP contribution in [0.5, 0.6) is 5.88 Å². The standard InChI is InChI=1S/C11H15N3O/c1-5-7-12-10-9(14(2)3)6-8-13-11(10)15-4/h1,6,8,12H,7H2,2-4H3. The van der Waals surface area contributed by atoms with Crippen LogP contribution in [0.3, 0.4) is 0 Å². The normalized spacial score (nSPS) is 9.20. The van der Waals surface area contributed by atoms with Gasteiger partial charge in [-0.25, -0.2) is 4.98 Å². The van der Waals surface area contributed by atoms with E-state index in [0.717, 1.165) is 11.4 Å². The Morgan fingerprint density at radius 1 is 1.60 bits per heavy atom. The number of terminal acetylenes is 1. The van der Waals surface area contributed by atoms with Crippen LogP contribution in [0.4, 0.5) is 11.4 Å². The number of aromatic nitrogens is 1. The molecular weight excluding hydrogens is 190 g/mol. The van der Waals surface area contributed by atoms with E-state index in [1.807, 2.05) is 25.1 Å². The predicted octanol–water partition coefficient (Wildman–Crippen LogP) is 1.20. The maximum atomic E-state index is 5.21. The zero-order valence-corrected chi connectivity index (χ0v) is 9.24. The van der Waals surface area contributed by atoms with Gasteiger partial charge in [-0.3, -0.25) is 0 Å². The number of ether oxygens (including phenoxy) is 1. The number of anilines is 2. The van der Waals surface area contributed by atoms with E-state index < -0.39 is 0 Å². The highest BCUT2D eigenvalue weighted by Crippen LogP contribution is 2.31. The van der Waals surface area contributed by atoms with Crippen LogP contribution < -0.4 is 15.0 Å². The summed E-state index contributed by atoms with van der Waals surface area (Å²) in [5.74, 6) is 3.07. The molecule has 1 aromatic heterocycles. The predicted molar refractivity (Wildman–Crippen MR) is 62.4 cm³/mol.